The van der Waals surface area contributed by atoms with Crippen LogP contribution >= 0.6 is 0 Å². The molecule has 4 rings (SSSR count). The molecule has 0 spiro atoms. The van der Waals surface area contributed by atoms with Gasteiger partial charge < -0.3 is 14.3 Å². The Hall–Kier alpha value is -2.45. The van der Waals surface area contributed by atoms with Gasteiger partial charge in [0.05, 0.1) is 26.2 Å². The lowest BCUT2D eigenvalue weighted by molar-refractivity contribution is -0.931. The van der Waals surface area contributed by atoms with Gasteiger partial charge in [-0.15, -0.1) is 0 Å². The van der Waals surface area contributed by atoms with Gasteiger partial charge in [0.1, 0.15) is 6.10 Å². The van der Waals surface area contributed by atoms with Crippen molar-refractivity contribution in [3.63, 3.8) is 0 Å². The summed E-state index contributed by atoms with van der Waals surface area (Å²) in [6.07, 6.45) is 2.73. The minimum Gasteiger partial charge on any atom is -0.459 e. The van der Waals surface area contributed by atoms with E-state index in [0.717, 1.165) is 41.6 Å². The second kappa shape index (κ2) is 7.60. The summed E-state index contributed by atoms with van der Waals surface area (Å²) in [5.74, 6) is -6.06. The number of aliphatic hydroxyl groups is 1. The molecule has 4 nitrogen and oxygen atoms in total. The molecule has 2 aliphatic heterocycles. The second-order valence-corrected chi connectivity index (χ2v) is 8.98. The molecule has 31 heavy (non-hydrogen) atoms. The SMILES string of the molecule is C[N+]1(C)C2CC[C@@H]1CC(OC(=O)C(O)(c1ccc(F)c(F)c1)c1ccc(F)c(F)c1)C2. The Kier molecular flexibility index (Phi) is 5.34. The maximum Gasteiger partial charge on any atom is 0.347 e. The van der Waals surface area contributed by atoms with Crippen molar-refractivity contribution in [3.05, 3.63) is 70.8 Å². The van der Waals surface area contributed by atoms with Gasteiger partial charge in [0, 0.05) is 36.8 Å². The highest BCUT2D eigenvalue weighted by molar-refractivity contribution is 5.85. The molecule has 2 fully saturated rings. The van der Waals surface area contributed by atoms with Gasteiger partial charge in [-0.05, 0) is 24.3 Å². The van der Waals surface area contributed by atoms with Crippen LogP contribution in [0.2, 0.25) is 0 Å². The van der Waals surface area contributed by atoms with Crippen molar-refractivity contribution in [1.29, 1.82) is 0 Å². The fourth-order valence-corrected chi connectivity index (χ4v) is 5.01. The zero-order valence-electron chi connectivity index (χ0n) is 17.2. The molecule has 1 N–H and O–H groups in total. The highest BCUT2D eigenvalue weighted by Gasteiger charge is 2.51. The number of hydrogen-bond acceptors (Lipinski definition) is 3. The van der Waals surface area contributed by atoms with Crippen molar-refractivity contribution in [1.82, 2.24) is 0 Å². The van der Waals surface area contributed by atoms with Crippen molar-refractivity contribution in [2.45, 2.75) is 49.5 Å². The van der Waals surface area contributed by atoms with Crippen LogP contribution in [-0.2, 0) is 15.1 Å². The summed E-state index contributed by atoms with van der Waals surface area (Å²) in [5.41, 5.74) is -3.31. The van der Waals surface area contributed by atoms with Crippen LogP contribution in [0.4, 0.5) is 17.6 Å². The number of rotatable bonds is 4. The van der Waals surface area contributed by atoms with E-state index in [1.807, 2.05) is 0 Å². The largest absolute Gasteiger partial charge is 0.459 e. The van der Waals surface area contributed by atoms with Gasteiger partial charge in [-0.1, -0.05) is 12.1 Å². The lowest BCUT2D eigenvalue weighted by Crippen LogP contribution is -2.56. The summed E-state index contributed by atoms with van der Waals surface area (Å²) in [6.45, 7) is 0. The molecule has 0 aliphatic carbocycles. The Labute approximate surface area is 177 Å². The number of ether oxygens (including phenoxy) is 1. The first-order chi connectivity index (χ1) is 14.5. The zero-order valence-corrected chi connectivity index (χ0v) is 17.2. The Bertz CT molecular complexity index is 958. The van der Waals surface area contributed by atoms with Gasteiger partial charge in [0.2, 0.25) is 5.60 Å². The van der Waals surface area contributed by atoms with Crippen molar-refractivity contribution < 1.29 is 36.7 Å². The fourth-order valence-electron chi connectivity index (χ4n) is 5.01. The van der Waals surface area contributed by atoms with Gasteiger partial charge in [0.15, 0.2) is 23.3 Å². The molecule has 2 aromatic carbocycles. The number of carbonyl (C=O) groups excluding carboxylic acids is 1. The van der Waals surface area contributed by atoms with Crippen molar-refractivity contribution in [2.75, 3.05) is 14.1 Å². The van der Waals surface area contributed by atoms with Crippen molar-refractivity contribution in [2.24, 2.45) is 0 Å². The van der Waals surface area contributed by atoms with E-state index in [4.69, 9.17) is 4.74 Å². The maximum absolute atomic E-state index is 13.9. The van der Waals surface area contributed by atoms with E-state index in [1.54, 1.807) is 0 Å². The topological polar surface area (TPSA) is 46.5 Å². The average molecular weight is 438 g/mol. The van der Waals surface area contributed by atoms with Gasteiger partial charge in [-0.2, -0.15) is 0 Å². The standard InChI is InChI=1S/C23H24F4NO3/c1-28(2)15-5-6-16(28)12-17(11-15)31-22(29)23(30,13-3-7-18(24)20(26)9-13)14-4-8-19(25)21(27)10-14/h3-4,7-10,15-17,30H,5-6,11-12H2,1-2H3/q+1/t15-,16?,17?/m1/s1. The molecule has 0 amide bonds. The first-order valence-electron chi connectivity index (χ1n) is 10.2. The van der Waals surface area contributed by atoms with Crippen molar-refractivity contribution in [3.8, 4) is 0 Å². The molecule has 0 aromatic heterocycles. The second-order valence-electron chi connectivity index (χ2n) is 8.98. The van der Waals surface area contributed by atoms with E-state index in [1.165, 1.54) is 0 Å². The number of quaternary nitrogens is 1. The lowest BCUT2D eigenvalue weighted by Gasteiger charge is -2.44. The Morgan fingerprint density at radius 1 is 0.903 bits per heavy atom. The molecule has 2 aliphatic rings. The van der Waals surface area contributed by atoms with Gasteiger partial charge in [-0.25, -0.2) is 22.4 Å². The average Bonchev–Trinajstić information content (AvgIpc) is 2.88. The van der Waals surface area contributed by atoms with Crippen LogP contribution in [0.25, 0.3) is 0 Å². The number of carbonyl (C=O) groups is 1. The number of hydrogen-bond donors (Lipinski definition) is 1. The van der Waals surface area contributed by atoms with Gasteiger partial charge >= 0.3 is 5.97 Å². The zero-order chi connectivity index (χ0) is 22.6. The highest BCUT2D eigenvalue weighted by atomic mass is 19.2. The molecule has 2 aromatic rings. The van der Waals surface area contributed by atoms with E-state index >= 15 is 0 Å². The molecular formula is C23H24F4NO3+. The monoisotopic (exact) mass is 438 g/mol. The number of fused-ring (bicyclic) bond motifs is 2. The number of halogens is 4. The van der Waals surface area contributed by atoms with Crippen LogP contribution in [0.3, 0.4) is 0 Å². The van der Waals surface area contributed by atoms with Gasteiger partial charge in [-0.3, -0.25) is 0 Å². The number of nitrogens with zero attached hydrogens (tertiary/aromatic N) is 1. The van der Waals surface area contributed by atoms with E-state index in [0.29, 0.717) is 37.1 Å². The summed E-state index contributed by atoms with van der Waals surface area (Å²) < 4.78 is 61.2. The molecular weight excluding hydrogens is 414 g/mol. The van der Waals surface area contributed by atoms with Crippen LogP contribution in [0.1, 0.15) is 36.8 Å². The molecule has 3 atom stereocenters. The van der Waals surface area contributed by atoms with Gasteiger partial charge in [0.25, 0.3) is 0 Å². The third kappa shape index (κ3) is 3.61. The quantitative estimate of drug-likeness (QED) is 0.449. The molecule has 166 valence electrons. The van der Waals surface area contributed by atoms with Crippen LogP contribution in [-0.4, -0.2) is 47.8 Å². The molecule has 2 unspecified atom stereocenters. The van der Waals surface area contributed by atoms with Crippen LogP contribution < -0.4 is 0 Å². The van der Waals surface area contributed by atoms with Crippen LogP contribution in [0.15, 0.2) is 36.4 Å². The van der Waals surface area contributed by atoms with Crippen LogP contribution in [0.5, 0.6) is 0 Å². The van der Waals surface area contributed by atoms with E-state index in [2.05, 4.69) is 14.1 Å². The summed E-state index contributed by atoms with van der Waals surface area (Å²) >= 11 is 0. The summed E-state index contributed by atoms with van der Waals surface area (Å²) in [4.78, 5) is 13.2. The van der Waals surface area contributed by atoms with Crippen molar-refractivity contribution >= 4 is 5.97 Å². The third-order valence-corrected chi connectivity index (χ3v) is 7.03. The predicted octanol–water partition coefficient (Wildman–Crippen LogP) is 3.79. The molecule has 2 bridgehead atoms. The molecule has 0 saturated carbocycles. The summed E-state index contributed by atoms with van der Waals surface area (Å²) in [5, 5.41) is 11.4. The van der Waals surface area contributed by atoms with E-state index < -0.39 is 40.9 Å². The smallest absolute Gasteiger partial charge is 0.347 e. The minimum absolute atomic E-state index is 0.302. The lowest BCUT2D eigenvalue weighted by atomic mass is 9.85. The first-order valence-corrected chi connectivity index (χ1v) is 10.2. The maximum atomic E-state index is 13.9. The number of benzene rings is 2. The predicted molar refractivity (Wildman–Crippen MR) is 104 cm³/mol. The van der Waals surface area contributed by atoms with Crippen LogP contribution in [0, 0.1) is 23.3 Å². The highest BCUT2D eigenvalue weighted by Crippen LogP contribution is 2.42. The Balaban J connectivity index is 1.69. The molecule has 2 saturated heterocycles. The summed E-state index contributed by atoms with van der Waals surface area (Å²) in [7, 11) is 4.28. The molecule has 0 radical (unpaired) electrons. The summed E-state index contributed by atoms with van der Waals surface area (Å²) in [6, 6.07) is 5.46. The van der Waals surface area contributed by atoms with E-state index in [9.17, 15) is 27.5 Å². The Morgan fingerprint density at radius 3 is 1.77 bits per heavy atom. The van der Waals surface area contributed by atoms with E-state index in [-0.39, 0.29) is 11.1 Å². The normalized spacial score (nSPS) is 24.8. The number of piperidine rings is 1. The Morgan fingerprint density at radius 2 is 1.35 bits per heavy atom. The fraction of sp³-hybridized carbons (Fsp3) is 0.435. The first kappa shape index (κ1) is 21.8. The number of esters is 1. The minimum atomic E-state index is -2.63. The third-order valence-electron chi connectivity index (χ3n) is 7.03. The molecule has 2 heterocycles. The molecule has 8 heteroatoms.